The normalized spacial score (nSPS) is 12.2. The quantitative estimate of drug-likeness (QED) is 0.454. The summed E-state index contributed by atoms with van der Waals surface area (Å²) in [6.45, 7) is 6.96. The maximum Gasteiger partial charge on any atom is 0.0651 e. The molecule has 0 aliphatic rings. The summed E-state index contributed by atoms with van der Waals surface area (Å²) in [4.78, 5) is 4.68. The molecule has 1 aromatic carbocycles. The van der Waals surface area contributed by atoms with E-state index in [0.29, 0.717) is 0 Å². The second-order valence-electron chi connectivity index (χ2n) is 7.54. The molecule has 0 amide bonds. The van der Waals surface area contributed by atoms with Crippen molar-refractivity contribution in [3.8, 4) is 5.69 Å². The van der Waals surface area contributed by atoms with E-state index < -0.39 is 0 Å². The highest BCUT2D eigenvalue weighted by Crippen LogP contribution is 2.20. The Balaban J connectivity index is 1.53. The molecule has 1 N–H and O–H groups in total. The van der Waals surface area contributed by atoms with E-state index in [1.54, 1.807) is 11.3 Å². The number of nitrogens with zero attached hydrogens (tertiary/aromatic N) is 3. The molecular weight excluding hydrogens is 376 g/mol. The summed E-state index contributed by atoms with van der Waals surface area (Å²) in [5.41, 5.74) is 8.11. The third-order valence-corrected chi connectivity index (χ3v) is 5.76. The largest absolute Gasteiger partial charge is 0.304 e. The molecule has 148 valence electrons. The smallest absolute Gasteiger partial charge is 0.0651 e. The van der Waals surface area contributed by atoms with E-state index in [-0.39, 0.29) is 6.04 Å². The lowest BCUT2D eigenvalue weighted by Crippen LogP contribution is -2.24. The van der Waals surface area contributed by atoms with Gasteiger partial charge in [-0.3, -0.25) is 4.98 Å². The molecule has 4 nitrogen and oxygen atoms in total. The van der Waals surface area contributed by atoms with Gasteiger partial charge in [-0.1, -0.05) is 18.2 Å². The van der Waals surface area contributed by atoms with Crippen LogP contribution in [0.2, 0.25) is 0 Å². The summed E-state index contributed by atoms with van der Waals surface area (Å²) in [6, 6.07) is 17.3. The Hall–Kier alpha value is -2.76. The van der Waals surface area contributed by atoms with Crippen molar-refractivity contribution < 1.29 is 0 Å². The molecule has 0 aliphatic heterocycles. The second kappa shape index (κ2) is 8.72. The Morgan fingerprint density at radius 2 is 1.93 bits per heavy atom. The molecule has 0 unspecified atom stereocenters. The van der Waals surface area contributed by atoms with Crippen molar-refractivity contribution in [1.82, 2.24) is 20.1 Å². The van der Waals surface area contributed by atoms with Crippen molar-refractivity contribution in [2.75, 3.05) is 0 Å². The van der Waals surface area contributed by atoms with Gasteiger partial charge in [-0.15, -0.1) is 0 Å². The van der Waals surface area contributed by atoms with E-state index in [9.17, 15) is 0 Å². The molecule has 3 aromatic heterocycles. The minimum absolute atomic E-state index is 0.169. The molecule has 3 heterocycles. The fraction of sp³-hybridized carbons (Fsp3) is 0.250. The Kier molecular flexibility index (Phi) is 5.88. The first-order chi connectivity index (χ1) is 14.1. The van der Waals surface area contributed by atoms with Crippen LogP contribution in [0.3, 0.4) is 0 Å². The van der Waals surface area contributed by atoms with Crippen molar-refractivity contribution in [3.05, 3.63) is 99.3 Å². The number of aromatic nitrogens is 3. The van der Waals surface area contributed by atoms with Gasteiger partial charge in [0.05, 0.1) is 23.1 Å². The molecule has 4 aromatic rings. The number of rotatable bonds is 7. The average Bonchev–Trinajstić information content (AvgIpc) is 3.35. The molecule has 0 saturated carbocycles. The van der Waals surface area contributed by atoms with Crippen LogP contribution in [0.25, 0.3) is 5.69 Å². The van der Waals surface area contributed by atoms with E-state index >= 15 is 0 Å². The summed E-state index contributed by atoms with van der Waals surface area (Å²) in [6.07, 6.45) is 2.87. The van der Waals surface area contributed by atoms with Gasteiger partial charge in [0, 0.05) is 18.4 Å². The highest BCUT2D eigenvalue weighted by Gasteiger charge is 2.14. The lowest BCUT2D eigenvalue weighted by Gasteiger charge is -2.19. The zero-order valence-electron chi connectivity index (χ0n) is 17.1. The minimum Gasteiger partial charge on any atom is -0.304 e. The highest BCUT2D eigenvalue weighted by atomic mass is 32.1. The maximum atomic E-state index is 4.68. The minimum atomic E-state index is 0.169. The monoisotopic (exact) mass is 402 g/mol. The topological polar surface area (TPSA) is 42.7 Å². The van der Waals surface area contributed by atoms with Crippen molar-refractivity contribution >= 4 is 11.3 Å². The first-order valence-corrected chi connectivity index (χ1v) is 10.8. The van der Waals surface area contributed by atoms with Gasteiger partial charge in [0.1, 0.15) is 0 Å². The molecular formula is C24H26N4S. The predicted octanol–water partition coefficient (Wildman–Crippen LogP) is 5.33. The number of aryl methyl sites for hydroxylation is 3. The number of benzene rings is 1. The van der Waals surface area contributed by atoms with E-state index in [4.69, 9.17) is 0 Å². The molecule has 0 saturated heterocycles. The number of hydrogen-bond acceptors (Lipinski definition) is 4. The van der Waals surface area contributed by atoms with Gasteiger partial charge in [-0.25, -0.2) is 4.68 Å². The molecule has 4 rings (SSSR count). The van der Waals surface area contributed by atoms with Crippen LogP contribution in [0.5, 0.6) is 0 Å². The van der Waals surface area contributed by atoms with E-state index in [2.05, 4.69) is 88.5 Å². The number of pyridine rings is 1. The lowest BCUT2D eigenvalue weighted by atomic mass is 10.0. The first-order valence-electron chi connectivity index (χ1n) is 9.88. The zero-order chi connectivity index (χ0) is 20.2. The molecule has 5 heteroatoms. The Morgan fingerprint density at radius 3 is 2.62 bits per heavy atom. The van der Waals surface area contributed by atoms with Crippen LogP contribution in [0, 0.1) is 20.8 Å². The average molecular weight is 403 g/mol. The maximum absolute atomic E-state index is 4.68. The van der Waals surface area contributed by atoms with Gasteiger partial charge >= 0.3 is 0 Å². The third-order valence-electron chi connectivity index (χ3n) is 5.03. The molecule has 0 bridgehead atoms. The van der Waals surface area contributed by atoms with Crippen LogP contribution >= 0.6 is 11.3 Å². The van der Waals surface area contributed by atoms with E-state index in [1.807, 2.05) is 17.8 Å². The SMILES string of the molecule is Cc1ccc([C@@H](Cc2ccsc2)NCc2cccc(-n3nc(C)cc3C)c2)nc1. The summed E-state index contributed by atoms with van der Waals surface area (Å²) >= 11 is 1.74. The van der Waals surface area contributed by atoms with Gasteiger partial charge in [-0.2, -0.15) is 16.4 Å². The van der Waals surface area contributed by atoms with Crippen molar-refractivity contribution in [1.29, 1.82) is 0 Å². The molecule has 0 aliphatic carbocycles. The summed E-state index contributed by atoms with van der Waals surface area (Å²) in [5, 5.41) is 12.7. The van der Waals surface area contributed by atoms with Crippen LogP contribution < -0.4 is 5.32 Å². The molecule has 1 atom stereocenters. The van der Waals surface area contributed by atoms with Gasteiger partial charge in [0.2, 0.25) is 0 Å². The predicted molar refractivity (Wildman–Crippen MR) is 120 cm³/mol. The molecule has 0 radical (unpaired) electrons. The van der Waals surface area contributed by atoms with Gasteiger partial charge in [-0.05, 0) is 85.0 Å². The summed E-state index contributed by atoms with van der Waals surface area (Å²) in [7, 11) is 0. The van der Waals surface area contributed by atoms with E-state index in [1.165, 1.54) is 16.7 Å². The number of thiophene rings is 1. The van der Waals surface area contributed by atoms with Crippen LogP contribution in [-0.4, -0.2) is 14.8 Å². The van der Waals surface area contributed by atoms with Crippen LogP contribution in [-0.2, 0) is 13.0 Å². The summed E-state index contributed by atoms with van der Waals surface area (Å²) in [5.74, 6) is 0. The van der Waals surface area contributed by atoms with E-state index in [0.717, 1.165) is 35.7 Å². The van der Waals surface area contributed by atoms with Gasteiger partial charge < -0.3 is 5.32 Å². The van der Waals surface area contributed by atoms with Crippen molar-refractivity contribution in [2.45, 2.75) is 39.8 Å². The Bertz CT molecular complexity index is 1060. The molecule has 0 fully saturated rings. The van der Waals surface area contributed by atoms with Crippen LogP contribution in [0.15, 0.2) is 65.5 Å². The van der Waals surface area contributed by atoms with Crippen LogP contribution in [0.1, 0.15) is 39.8 Å². The Morgan fingerprint density at radius 1 is 1.03 bits per heavy atom. The first kappa shape index (κ1) is 19.6. The van der Waals surface area contributed by atoms with Gasteiger partial charge in [0.25, 0.3) is 0 Å². The van der Waals surface area contributed by atoms with Crippen molar-refractivity contribution in [3.63, 3.8) is 0 Å². The highest BCUT2D eigenvalue weighted by molar-refractivity contribution is 7.07. The Labute approximate surface area is 176 Å². The fourth-order valence-electron chi connectivity index (χ4n) is 3.54. The number of nitrogens with one attached hydrogen (secondary N) is 1. The third kappa shape index (κ3) is 4.81. The van der Waals surface area contributed by atoms with Gasteiger partial charge in [0.15, 0.2) is 0 Å². The molecule has 29 heavy (non-hydrogen) atoms. The van der Waals surface area contributed by atoms with Crippen LogP contribution in [0.4, 0.5) is 0 Å². The summed E-state index contributed by atoms with van der Waals surface area (Å²) < 4.78 is 2.00. The molecule has 0 spiro atoms. The lowest BCUT2D eigenvalue weighted by molar-refractivity contribution is 0.518. The number of hydrogen-bond donors (Lipinski definition) is 1. The second-order valence-corrected chi connectivity index (χ2v) is 8.32. The zero-order valence-corrected chi connectivity index (χ0v) is 17.9. The standard InChI is InChI=1S/C24H26N4S/c1-17-7-8-23(25-14-17)24(13-21-9-10-29-16-21)26-15-20-5-4-6-22(12-20)28-19(3)11-18(2)27-28/h4-12,14,16,24,26H,13,15H2,1-3H3/t24-/m1/s1. The van der Waals surface area contributed by atoms with Crippen molar-refractivity contribution in [2.24, 2.45) is 0 Å². The fourth-order valence-corrected chi connectivity index (χ4v) is 4.22.